The van der Waals surface area contributed by atoms with Gasteiger partial charge in [0, 0.05) is 18.8 Å². The number of aryl methyl sites for hydroxylation is 1. The van der Waals surface area contributed by atoms with Gasteiger partial charge in [0.25, 0.3) is 0 Å². The summed E-state index contributed by atoms with van der Waals surface area (Å²) in [5.74, 6) is 0.996. The number of rotatable bonds is 3. The molecule has 0 saturated heterocycles. The summed E-state index contributed by atoms with van der Waals surface area (Å²) >= 11 is 0. The molecule has 0 bridgehead atoms. The molecule has 0 unspecified atom stereocenters. The first-order valence-corrected chi connectivity index (χ1v) is 10.6. The minimum Gasteiger partial charge on any atom is -0.341 e. The number of aromatic nitrogens is 3. The molecule has 1 aliphatic heterocycles. The van der Waals surface area contributed by atoms with Crippen LogP contribution in [0.5, 0.6) is 0 Å². The van der Waals surface area contributed by atoms with Crippen LogP contribution in [0.25, 0.3) is 11.5 Å². The molecule has 1 atom stereocenters. The largest absolute Gasteiger partial charge is 0.341 e. The third-order valence-corrected chi connectivity index (χ3v) is 5.89. The Kier molecular flexibility index (Phi) is 4.82. The minimum absolute atomic E-state index is 0.107. The van der Waals surface area contributed by atoms with Crippen molar-refractivity contribution < 1.29 is 4.79 Å². The minimum atomic E-state index is -0.211. The third-order valence-electron chi connectivity index (χ3n) is 5.89. The van der Waals surface area contributed by atoms with Crippen LogP contribution >= 0.6 is 0 Å². The maximum Gasteiger partial charge on any atom is 0.318 e. The van der Waals surface area contributed by atoms with E-state index in [1.807, 2.05) is 52.0 Å². The van der Waals surface area contributed by atoms with Gasteiger partial charge in [0.05, 0.1) is 29.7 Å². The lowest BCUT2D eigenvalue weighted by Crippen LogP contribution is -2.40. The Morgan fingerprint density at radius 1 is 1.03 bits per heavy atom. The number of urea groups is 1. The second-order valence-electron chi connectivity index (χ2n) is 7.65. The maximum atomic E-state index is 13.1. The van der Waals surface area contributed by atoms with E-state index in [9.17, 15) is 4.79 Å². The number of fused-ring (bicyclic) bond motifs is 3. The molecule has 31 heavy (non-hydrogen) atoms. The number of nitrogens with zero attached hydrogens (tertiary/aromatic N) is 4. The number of para-hydroxylation sites is 1. The van der Waals surface area contributed by atoms with Crippen LogP contribution in [0.2, 0.25) is 0 Å². The first kappa shape index (κ1) is 19.2. The Balaban J connectivity index is 1.80. The highest BCUT2D eigenvalue weighted by molar-refractivity contribution is 5.75. The zero-order valence-electron chi connectivity index (χ0n) is 17.7. The number of nitrogens with one attached hydrogen (secondary N) is 1. The molecule has 5 rings (SSSR count). The molecule has 0 radical (unpaired) electrons. The lowest BCUT2D eigenvalue weighted by molar-refractivity contribution is 0.182. The molecule has 0 spiro atoms. The van der Waals surface area contributed by atoms with Crippen LogP contribution in [0.1, 0.15) is 35.5 Å². The van der Waals surface area contributed by atoms with E-state index in [1.165, 1.54) is 0 Å². The standard InChI is InChI=1S/C25H25N5O/c1-3-21-20-17-29(25(31)26-2)23(18-11-6-4-7-12-18)22-15-10-16-28(22)24(20)30(27-21)19-13-8-5-9-14-19/h4-16,23H,3,17H2,1-2H3,(H,26,31)/t23-/m1/s1. The average molecular weight is 412 g/mol. The van der Waals surface area contributed by atoms with Crippen LogP contribution in [0, 0.1) is 0 Å². The molecule has 1 aliphatic rings. The second-order valence-corrected chi connectivity index (χ2v) is 7.65. The van der Waals surface area contributed by atoms with E-state index in [0.29, 0.717) is 6.54 Å². The highest BCUT2D eigenvalue weighted by atomic mass is 16.2. The Morgan fingerprint density at radius 2 is 1.74 bits per heavy atom. The Hall–Kier alpha value is -3.80. The number of carbonyl (C=O) groups excluding carboxylic acids is 1. The van der Waals surface area contributed by atoms with Crippen LogP contribution in [0.4, 0.5) is 4.79 Å². The van der Waals surface area contributed by atoms with Crippen molar-refractivity contribution in [3.05, 3.63) is 102 Å². The van der Waals surface area contributed by atoms with Gasteiger partial charge in [-0.2, -0.15) is 5.10 Å². The van der Waals surface area contributed by atoms with Crippen molar-refractivity contribution in [2.75, 3.05) is 7.05 Å². The second kappa shape index (κ2) is 7.80. The molecule has 0 aliphatic carbocycles. The van der Waals surface area contributed by atoms with Crippen LogP contribution in [-0.2, 0) is 13.0 Å². The Morgan fingerprint density at radius 3 is 2.42 bits per heavy atom. The molecule has 2 aromatic carbocycles. The van der Waals surface area contributed by atoms with Crippen molar-refractivity contribution in [1.82, 2.24) is 24.6 Å². The summed E-state index contributed by atoms with van der Waals surface area (Å²) in [6.07, 6.45) is 2.86. The van der Waals surface area contributed by atoms with E-state index >= 15 is 0 Å². The Labute approximate surface area is 181 Å². The fraction of sp³-hybridized carbons (Fsp3) is 0.200. The summed E-state index contributed by atoms with van der Waals surface area (Å²) in [5.41, 5.74) is 5.19. The fourth-order valence-corrected chi connectivity index (χ4v) is 4.48. The van der Waals surface area contributed by atoms with Gasteiger partial charge in [-0.1, -0.05) is 55.5 Å². The molecule has 156 valence electrons. The summed E-state index contributed by atoms with van der Waals surface area (Å²) in [6.45, 7) is 2.59. The maximum absolute atomic E-state index is 13.1. The van der Waals surface area contributed by atoms with Crippen molar-refractivity contribution in [1.29, 1.82) is 0 Å². The predicted molar refractivity (Wildman–Crippen MR) is 121 cm³/mol. The van der Waals surface area contributed by atoms with Gasteiger partial charge in [-0.25, -0.2) is 9.48 Å². The quantitative estimate of drug-likeness (QED) is 0.541. The molecular formula is C25H25N5O. The molecule has 2 amide bonds. The lowest BCUT2D eigenvalue weighted by atomic mass is 10.0. The predicted octanol–water partition coefficient (Wildman–Crippen LogP) is 4.47. The van der Waals surface area contributed by atoms with E-state index in [0.717, 1.165) is 40.4 Å². The summed E-state index contributed by atoms with van der Waals surface area (Å²) in [5, 5.41) is 7.80. The highest BCUT2D eigenvalue weighted by Gasteiger charge is 2.35. The van der Waals surface area contributed by atoms with Gasteiger partial charge in [-0.15, -0.1) is 0 Å². The van der Waals surface area contributed by atoms with Gasteiger partial charge in [-0.3, -0.25) is 0 Å². The zero-order valence-corrected chi connectivity index (χ0v) is 17.7. The molecular weight excluding hydrogens is 386 g/mol. The van der Waals surface area contributed by atoms with Crippen molar-refractivity contribution in [2.24, 2.45) is 0 Å². The van der Waals surface area contributed by atoms with Crippen molar-refractivity contribution in [3.8, 4) is 11.5 Å². The van der Waals surface area contributed by atoms with Gasteiger partial charge in [0.15, 0.2) is 0 Å². The van der Waals surface area contributed by atoms with Crippen LogP contribution in [0.15, 0.2) is 79.0 Å². The molecule has 6 nitrogen and oxygen atoms in total. The van der Waals surface area contributed by atoms with Crippen LogP contribution < -0.4 is 5.32 Å². The Bertz CT molecular complexity index is 1210. The SMILES string of the molecule is CCc1nn(-c2ccccc2)c2c1CN(C(=O)NC)[C@H](c1ccccc1)c1cccn1-2. The first-order chi connectivity index (χ1) is 15.2. The number of hydrogen-bond donors (Lipinski definition) is 1. The number of benzene rings is 2. The first-order valence-electron chi connectivity index (χ1n) is 10.6. The number of amides is 2. The number of carbonyl (C=O) groups is 1. The van der Waals surface area contributed by atoms with Gasteiger partial charge in [0.1, 0.15) is 5.82 Å². The topological polar surface area (TPSA) is 55.1 Å². The summed E-state index contributed by atoms with van der Waals surface area (Å²) < 4.78 is 4.20. The monoisotopic (exact) mass is 411 g/mol. The van der Waals surface area contributed by atoms with E-state index in [2.05, 4.69) is 53.3 Å². The van der Waals surface area contributed by atoms with Crippen LogP contribution in [-0.4, -0.2) is 32.3 Å². The molecule has 4 aromatic rings. The molecule has 0 saturated carbocycles. The zero-order chi connectivity index (χ0) is 21.4. The van der Waals surface area contributed by atoms with E-state index in [1.54, 1.807) is 7.05 Å². The summed E-state index contributed by atoms with van der Waals surface area (Å²) in [6, 6.07) is 24.2. The van der Waals surface area contributed by atoms with Crippen LogP contribution in [0.3, 0.4) is 0 Å². The molecule has 6 heteroatoms. The van der Waals surface area contributed by atoms with Crippen molar-refractivity contribution >= 4 is 6.03 Å². The average Bonchev–Trinajstić information content (AvgIpc) is 3.40. The smallest absolute Gasteiger partial charge is 0.318 e. The molecule has 2 aromatic heterocycles. The van der Waals surface area contributed by atoms with E-state index in [4.69, 9.17) is 5.10 Å². The molecule has 3 heterocycles. The normalized spacial score (nSPS) is 15.2. The summed E-state index contributed by atoms with van der Waals surface area (Å²) in [4.78, 5) is 15.0. The van der Waals surface area contributed by atoms with Crippen molar-refractivity contribution in [3.63, 3.8) is 0 Å². The van der Waals surface area contributed by atoms with Gasteiger partial charge in [0.2, 0.25) is 0 Å². The fourth-order valence-electron chi connectivity index (χ4n) is 4.48. The van der Waals surface area contributed by atoms with Gasteiger partial charge in [-0.05, 0) is 36.2 Å². The third kappa shape index (κ3) is 3.11. The van der Waals surface area contributed by atoms with Gasteiger partial charge < -0.3 is 14.8 Å². The highest BCUT2D eigenvalue weighted by Crippen LogP contribution is 2.38. The van der Waals surface area contributed by atoms with Gasteiger partial charge >= 0.3 is 6.03 Å². The molecule has 0 fully saturated rings. The van der Waals surface area contributed by atoms with E-state index < -0.39 is 0 Å². The lowest BCUT2D eigenvalue weighted by Gasteiger charge is -2.30. The number of hydrogen-bond acceptors (Lipinski definition) is 2. The molecule has 1 N–H and O–H groups in total. The van der Waals surface area contributed by atoms with Crippen molar-refractivity contribution in [2.45, 2.75) is 25.9 Å². The summed E-state index contributed by atoms with van der Waals surface area (Å²) in [7, 11) is 1.68. The van der Waals surface area contributed by atoms with E-state index in [-0.39, 0.29) is 12.1 Å².